The zero-order valence-corrected chi connectivity index (χ0v) is 10.4. The minimum absolute atomic E-state index is 0.410. The summed E-state index contributed by atoms with van der Waals surface area (Å²) in [5, 5.41) is 38.3. The molecule has 0 aliphatic heterocycles. The largest absolute Gasteiger partial charge is 0.391 e. The van der Waals surface area contributed by atoms with E-state index in [1.807, 2.05) is 0 Å². The van der Waals surface area contributed by atoms with Crippen LogP contribution < -0.4 is 0 Å². The van der Waals surface area contributed by atoms with Crippen LogP contribution in [0.1, 0.15) is 12.5 Å². The number of aliphatic hydroxyl groups excluding tert-OH is 3. The van der Waals surface area contributed by atoms with Crippen LogP contribution in [0.3, 0.4) is 0 Å². The second-order valence-corrected chi connectivity index (χ2v) is 4.54. The number of hydrogen-bond acceptors (Lipinski definition) is 5. The van der Waals surface area contributed by atoms with Crippen molar-refractivity contribution in [1.82, 2.24) is 0 Å². The summed E-state index contributed by atoms with van der Waals surface area (Å²) in [6.45, 7) is 1.15. The molecule has 6 heteroatoms. The summed E-state index contributed by atoms with van der Waals surface area (Å²) in [5.41, 5.74) is -2.38. The molecule has 0 spiro atoms. The van der Waals surface area contributed by atoms with Gasteiger partial charge in [-0.1, -0.05) is 30.3 Å². The number of carbonyl (C=O) groups is 1. The smallest absolute Gasteiger partial charge is 0.335 e. The van der Waals surface area contributed by atoms with Gasteiger partial charge in [-0.15, -0.1) is 0 Å². The van der Waals surface area contributed by atoms with E-state index >= 15 is 0 Å². The van der Waals surface area contributed by atoms with Crippen molar-refractivity contribution in [2.75, 3.05) is 0 Å². The van der Waals surface area contributed by atoms with Crippen molar-refractivity contribution in [3.63, 3.8) is 0 Å². The average Bonchev–Trinajstić information content (AvgIpc) is 2.37. The maximum Gasteiger partial charge on any atom is 0.335 e. The van der Waals surface area contributed by atoms with Gasteiger partial charge in [0.15, 0.2) is 5.60 Å². The maximum atomic E-state index is 13.1. The molecular formula is C13H17FO5. The van der Waals surface area contributed by atoms with Gasteiger partial charge in [0.1, 0.15) is 12.2 Å². The van der Waals surface area contributed by atoms with Gasteiger partial charge in [-0.3, -0.25) is 4.79 Å². The van der Waals surface area contributed by atoms with E-state index in [4.69, 9.17) is 5.11 Å². The van der Waals surface area contributed by atoms with Gasteiger partial charge in [0.25, 0.3) is 0 Å². The molecule has 1 rings (SSSR count). The Labute approximate surface area is 109 Å². The Morgan fingerprint density at radius 2 is 1.79 bits per heavy atom. The summed E-state index contributed by atoms with van der Waals surface area (Å²) in [6, 6.07) is 5.85. The monoisotopic (exact) mass is 272 g/mol. The maximum absolute atomic E-state index is 13.1. The third kappa shape index (κ3) is 3.57. The third-order valence-corrected chi connectivity index (χ3v) is 2.96. The lowest BCUT2D eigenvalue weighted by molar-refractivity contribution is -0.180. The first kappa shape index (κ1) is 15.7. The predicted octanol–water partition coefficient (Wildman–Crippen LogP) is -0.441. The van der Waals surface area contributed by atoms with Crippen molar-refractivity contribution in [3.8, 4) is 0 Å². The lowest BCUT2D eigenvalue weighted by Gasteiger charge is -2.32. The van der Waals surface area contributed by atoms with Crippen molar-refractivity contribution < 1.29 is 29.6 Å². The van der Waals surface area contributed by atoms with Gasteiger partial charge in [0.2, 0.25) is 0 Å². The SMILES string of the molecule is C[C@@H](O)[C@H](O)[C@H](O)[C@](O)(Cc1ccccc1)C(=O)F. The van der Waals surface area contributed by atoms with Crippen molar-refractivity contribution in [1.29, 1.82) is 0 Å². The van der Waals surface area contributed by atoms with Gasteiger partial charge in [-0.05, 0) is 12.5 Å². The standard InChI is InChI=1S/C13H17FO5/c1-8(15)10(16)11(17)13(19,12(14)18)7-9-5-3-2-4-6-9/h2-6,8,10-11,15-17,19H,7H2,1H3/t8-,10+,11+,13-/m1/s1. The lowest BCUT2D eigenvalue weighted by atomic mass is 9.85. The van der Waals surface area contributed by atoms with Crippen molar-refractivity contribution in [2.24, 2.45) is 0 Å². The Kier molecular flexibility index (Phi) is 5.13. The molecule has 19 heavy (non-hydrogen) atoms. The molecule has 0 radical (unpaired) electrons. The molecule has 0 saturated carbocycles. The first-order chi connectivity index (χ1) is 8.79. The summed E-state index contributed by atoms with van der Waals surface area (Å²) >= 11 is 0. The van der Waals surface area contributed by atoms with Gasteiger partial charge >= 0.3 is 6.04 Å². The van der Waals surface area contributed by atoms with Gasteiger partial charge in [-0.2, -0.15) is 4.39 Å². The minimum atomic E-state index is -2.79. The Bertz CT molecular complexity index is 422. The molecule has 1 aromatic carbocycles. The lowest BCUT2D eigenvalue weighted by Crippen LogP contribution is -2.57. The fourth-order valence-corrected chi connectivity index (χ4v) is 1.74. The topological polar surface area (TPSA) is 98.0 Å². The molecule has 1 aromatic rings. The number of carbonyl (C=O) groups excluding carboxylic acids is 1. The van der Waals surface area contributed by atoms with Crippen molar-refractivity contribution >= 4 is 6.04 Å². The third-order valence-electron chi connectivity index (χ3n) is 2.96. The fourth-order valence-electron chi connectivity index (χ4n) is 1.74. The predicted molar refractivity (Wildman–Crippen MR) is 64.9 cm³/mol. The molecule has 0 amide bonds. The van der Waals surface area contributed by atoms with Crippen LogP contribution in [0.25, 0.3) is 0 Å². The van der Waals surface area contributed by atoms with Gasteiger partial charge in [0, 0.05) is 6.42 Å². The van der Waals surface area contributed by atoms with E-state index in [0.717, 1.165) is 6.92 Å². The van der Waals surface area contributed by atoms with Gasteiger partial charge < -0.3 is 20.4 Å². The molecule has 0 unspecified atom stereocenters. The van der Waals surface area contributed by atoms with E-state index in [2.05, 4.69) is 0 Å². The van der Waals surface area contributed by atoms with Crippen LogP contribution in [0.5, 0.6) is 0 Å². The molecule has 0 bridgehead atoms. The highest BCUT2D eigenvalue weighted by atomic mass is 19.1. The highest BCUT2D eigenvalue weighted by Gasteiger charge is 2.48. The summed E-state index contributed by atoms with van der Waals surface area (Å²) in [6.07, 6.45) is -5.90. The summed E-state index contributed by atoms with van der Waals surface area (Å²) in [7, 11) is 0. The molecule has 4 atom stereocenters. The van der Waals surface area contributed by atoms with Crippen LogP contribution in [0.4, 0.5) is 4.39 Å². The highest BCUT2D eigenvalue weighted by molar-refractivity contribution is 5.79. The van der Waals surface area contributed by atoms with E-state index in [1.165, 1.54) is 12.1 Å². The van der Waals surface area contributed by atoms with E-state index in [9.17, 15) is 24.5 Å². The molecule has 0 fully saturated rings. The van der Waals surface area contributed by atoms with E-state index in [0.29, 0.717) is 5.56 Å². The van der Waals surface area contributed by atoms with E-state index < -0.39 is 36.4 Å². The quantitative estimate of drug-likeness (QED) is 0.526. The first-order valence-corrected chi connectivity index (χ1v) is 5.79. The zero-order chi connectivity index (χ0) is 14.6. The first-order valence-electron chi connectivity index (χ1n) is 5.79. The molecule has 0 aliphatic carbocycles. The van der Waals surface area contributed by atoms with Gasteiger partial charge in [-0.25, -0.2) is 0 Å². The molecule has 5 nitrogen and oxygen atoms in total. The number of hydrogen-bond donors (Lipinski definition) is 4. The van der Waals surface area contributed by atoms with E-state index in [1.54, 1.807) is 18.2 Å². The molecule has 106 valence electrons. The van der Waals surface area contributed by atoms with Crippen LogP contribution in [0.15, 0.2) is 30.3 Å². The van der Waals surface area contributed by atoms with Crippen LogP contribution in [0.2, 0.25) is 0 Å². The number of aliphatic hydroxyl groups is 4. The number of benzene rings is 1. The van der Waals surface area contributed by atoms with E-state index in [-0.39, 0.29) is 0 Å². The summed E-state index contributed by atoms with van der Waals surface area (Å²) in [5.74, 6) is 0. The Morgan fingerprint density at radius 1 is 1.26 bits per heavy atom. The zero-order valence-electron chi connectivity index (χ0n) is 10.4. The van der Waals surface area contributed by atoms with Gasteiger partial charge in [0.05, 0.1) is 6.10 Å². The minimum Gasteiger partial charge on any atom is -0.391 e. The Morgan fingerprint density at radius 3 is 2.21 bits per heavy atom. The highest BCUT2D eigenvalue weighted by Crippen LogP contribution is 2.23. The number of rotatable bonds is 6. The molecule has 0 aliphatic rings. The summed E-state index contributed by atoms with van der Waals surface area (Å²) < 4.78 is 13.1. The Hall–Kier alpha value is -1.34. The van der Waals surface area contributed by atoms with Crippen LogP contribution in [-0.2, 0) is 11.2 Å². The fraction of sp³-hybridized carbons (Fsp3) is 0.462. The molecular weight excluding hydrogens is 255 g/mol. The summed E-state index contributed by atoms with van der Waals surface area (Å²) in [4.78, 5) is 11.0. The van der Waals surface area contributed by atoms with Crippen molar-refractivity contribution in [3.05, 3.63) is 35.9 Å². The normalized spacial score (nSPS) is 19.3. The average molecular weight is 272 g/mol. The van der Waals surface area contributed by atoms with Crippen molar-refractivity contribution in [2.45, 2.75) is 37.3 Å². The second kappa shape index (κ2) is 6.21. The molecule has 4 N–H and O–H groups in total. The molecule has 0 aromatic heterocycles. The van der Waals surface area contributed by atoms with Crippen LogP contribution >= 0.6 is 0 Å². The van der Waals surface area contributed by atoms with Crippen LogP contribution in [0, 0.1) is 0 Å². The molecule has 0 heterocycles. The number of halogens is 1. The van der Waals surface area contributed by atoms with Crippen LogP contribution in [-0.4, -0.2) is 50.4 Å². The second-order valence-electron chi connectivity index (χ2n) is 4.54. The Balaban J connectivity index is 3.01. The molecule has 0 saturated heterocycles.